The van der Waals surface area contributed by atoms with E-state index < -0.39 is 5.82 Å². The van der Waals surface area contributed by atoms with Gasteiger partial charge in [0.05, 0.1) is 18.9 Å². The molecule has 0 radical (unpaired) electrons. The molecule has 178 valence electrons. The van der Waals surface area contributed by atoms with Gasteiger partial charge in [-0.3, -0.25) is 0 Å². The monoisotopic (exact) mass is 471 g/mol. The number of rotatable bonds is 5. The van der Waals surface area contributed by atoms with Gasteiger partial charge in [-0.25, -0.2) is 14.4 Å². The van der Waals surface area contributed by atoms with Crippen LogP contribution in [0, 0.1) is 12.7 Å². The Kier molecular flexibility index (Phi) is 10.9. The molecule has 6 nitrogen and oxygen atoms in total. The van der Waals surface area contributed by atoms with Crippen molar-refractivity contribution >= 4 is 34.8 Å². The number of halogens is 1. The molecule has 3 aromatic rings. The fourth-order valence-corrected chi connectivity index (χ4v) is 3.85. The van der Waals surface area contributed by atoms with E-state index in [0.717, 1.165) is 47.5 Å². The largest absolute Gasteiger partial charge is 0.396 e. The Bertz CT molecular complexity index is 995. The number of hydrogen-bond donors (Lipinski definition) is 2. The minimum Gasteiger partial charge on any atom is -0.396 e. The highest BCUT2D eigenvalue weighted by Gasteiger charge is 2.12. The summed E-state index contributed by atoms with van der Waals surface area (Å²) in [5.41, 5.74) is 8.68. The number of nitrogens with one attached hydrogen (secondary N) is 1. The molecule has 0 amide bonds. The maximum absolute atomic E-state index is 13.7. The second-order valence-electron chi connectivity index (χ2n) is 6.74. The molecule has 4 rings (SSSR count). The van der Waals surface area contributed by atoms with Crippen molar-refractivity contribution < 1.29 is 9.13 Å². The molecular weight excluding hydrogens is 437 g/mol. The third-order valence-corrected chi connectivity index (χ3v) is 5.71. The maximum Gasteiger partial charge on any atom is 0.228 e. The molecular formula is C25H34FN5OS. The van der Waals surface area contributed by atoms with Gasteiger partial charge in [0.25, 0.3) is 0 Å². The zero-order valence-corrected chi connectivity index (χ0v) is 20.9. The predicted molar refractivity (Wildman–Crippen MR) is 137 cm³/mol. The highest BCUT2D eigenvalue weighted by atomic mass is 32.2. The average molecular weight is 472 g/mol. The molecule has 0 spiro atoms. The molecule has 0 atom stereocenters. The zero-order chi connectivity index (χ0) is 24.2. The first kappa shape index (κ1) is 26.4. The van der Waals surface area contributed by atoms with E-state index in [0.29, 0.717) is 5.95 Å². The van der Waals surface area contributed by atoms with Gasteiger partial charge in [0, 0.05) is 41.1 Å². The second kappa shape index (κ2) is 13.6. The molecule has 2 heterocycles. The molecule has 8 heteroatoms. The standard InChI is InChI=1S/C21H22FN5OS.2C2H6/c1-14-13-24-21(26-20(14)29-17-6-7-19(23)18(22)12-17)25-15-2-4-16(5-3-15)27-8-10-28-11-9-27;2*1-2/h2-7,12-13H,8-11,23H2,1H3,(H,24,25,26);2*1-2H3. The number of hydrogen-bond acceptors (Lipinski definition) is 7. The number of morpholine rings is 1. The molecule has 1 aliphatic heterocycles. The van der Waals surface area contributed by atoms with Crippen molar-refractivity contribution in [3.05, 3.63) is 60.0 Å². The van der Waals surface area contributed by atoms with Gasteiger partial charge in [-0.15, -0.1) is 0 Å². The van der Waals surface area contributed by atoms with Gasteiger partial charge in [-0.05, 0) is 49.4 Å². The Labute approximate surface area is 200 Å². The van der Waals surface area contributed by atoms with Gasteiger partial charge >= 0.3 is 0 Å². The van der Waals surface area contributed by atoms with E-state index >= 15 is 0 Å². The predicted octanol–water partition coefficient (Wildman–Crippen LogP) is 6.29. The number of aromatic nitrogens is 2. The Hall–Kier alpha value is -2.84. The molecule has 1 saturated heterocycles. The summed E-state index contributed by atoms with van der Waals surface area (Å²) in [6.45, 7) is 13.3. The second-order valence-corrected chi connectivity index (χ2v) is 7.80. The van der Waals surface area contributed by atoms with Crippen molar-refractivity contribution in [2.75, 3.05) is 42.3 Å². The van der Waals surface area contributed by atoms with Crippen LogP contribution in [0.25, 0.3) is 0 Å². The quantitative estimate of drug-likeness (QED) is 0.334. The van der Waals surface area contributed by atoms with Gasteiger partial charge < -0.3 is 20.7 Å². The third-order valence-electron chi connectivity index (χ3n) is 4.61. The van der Waals surface area contributed by atoms with Crippen LogP contribution >= 0.6 is 11.8 Å². The highest BCUT2D eigenvalue weighted by molar-refractivity contribution is 7.99. The number of nitrogens with two attached hydrogens (primary N) is 1. The summed E-state index contributed by atoms with van der Waals surface area (Å²) in [6, 6.07) is 12.9. The van der Waals surface area contributed by atoms with Crippen molar-refractivity contribution in [2.24, 2.45) is 0 Å². The van der Waals surface area contributed by atoms with E-state index in [1.165, 1.54) is 23.5 Å². The van der Waals surface area contributed by atoms with Crippen LogP contribution < -0.4 is 16.0 Å². The number of nitrogens with zero attached hydrogens (tertiary/aromatic N) is 3. The van der Waals surface area contributed by atoms with Gasteiger partial charge in [0.15, 0.2) is 0 Å². The summed E-state index contributed by atoms with van der Waals surface area (Å²) in [4.78, 5) is 12.0. The number of ether oxygens (including phenoxy) is 1. The van der Waals surface area contributed by atoms with E-state index in [-0.39, 0.29) is 5.69 Å². The lowest BCUT2D eigenvalue weighted by Gasteiger charge is -2.28. The molecule has 1 aliphatic rings. The number of nitrogen functional groups attached to an aromatic ring is 1. The summed E-state index contributed by atoms with van der Waals surface area (Å²) in [5, 5.41) is 4.00. The summed E-state index contributed by atoms with van der Waals surface area (Å²) in [6.07, 6.45) is 1.76. The summed E-state index contributed by atoms with van der Waals surface area (Å²) >= 11 is 1.38. The Balaban J connectivity index is 0.000000914. The zero-order valence-electron chi connectivity index (χ0n) is 20.1. The van der Waals surface area contributed by atoms with Gasteiger partial charge in [0.2, 0.25) is 5.95 Å². The minimum absolute atomic E-state index is 0.136. The summed E-state index contributed by atoms with van der Waals surface area (Å²) < 4.78 is 19.1. The molecule has 3 N–H and O–H groups in total. The lowest BCUT2D eigenvalue weighted by Crippen LogP contribution is -2.36. The van der Waals surface area contributed by atoms with E-state index in [1.807, 2.05) is 46.8 Å². The fourth-order valence-electron chi connectivity index (χ4n) is 2.98. The number of anilines is 4. The van der Waals surface area contributed by atoms with Gasteiger partial charge in [0.1, 0.15) is 10.8 Å². The van der Waals surface area contributed by atoms with E-state index in [4.69, 9.17) is 10.5 Å². The SMILES string of the molecule is CC.CC.Cc1cnc(Nc2ccc(N3CCOCC3)cc2)nc1Sc1ccc(N)c(F)c1. The van der Waals surface area contributed by atoms with Crippen LogP contribution in [0.2, 0.25) is 0 Å². The number of benzene rings is 2. The van der Waals surface area contributed by atoms with Crippen molar-refractivity contribution in [1.82, 2.24) is 9.97 Å². The molecule has 0 bridgehead atoms. The van der Waals surface area contributed by atoms with Crippen LogP contribution in [-0.2, 0) is 4.74 Å². The van der Waals surface area contributed by atoms with Crippen molar-refractivity contribution in [3.63, 3.8) is 0 Å². The van der Waals surface area contributed by atoms with Crippen LogP contribution in [-0.4, -0.2) is 36.3 Å². The van der Waals surface area contributed by atoms with Crippen LogP contribution in [0.4, 0.5) is 27.4 Å². The Morgan fingerprint density at radius 3 is 2.33 bits per heavy atom. The molecule has 2 aromatic carbocycles. The molecule has 0 aliphatic carbocycles. The molecule has 1 fully saturated rings. The molecule has 1 aromatic heterocycles. The first-order valence-electron chi connectivity index (χ1n) is 11.3. The van der Waals surface area contributed by atoms with Gasteiger partial charge in [-0.1, -0.05) is 39.5 Å². The topological polar surface area (TPSA) is 76.3 Å². The fraction of sp³-hybridized carbons (Fsp3) is 0.360. The van der Waals surface area contributed by atoms with Crippen LogP contribution in [0.5, 0.6) is 0 Å². The van der Waals surface area contributed by atoms with Crippen LogP contribution in [0.15, 0.2) is 58.6 Å². The third kappa shape index (κ3) is 7.61. The smallest absolute Gasteiger partial charge is 0.228 e. The number of aryl methyl sites for hydroxylation is 1. The Morgan fingerprint density at radius 1 is 1.03 bits per heavy atom. The average Bonchev–Trinajstić information content (AvgIpc) is 2.87. The van der Waals surface area contributed by atoms with Crippen LogP contribution in [0.3, 0.4) is 0 Å². The van der Waals surface area contributed by atoms with E-state index in [9.17, 15) is 4.39 Å². The van der Waals surface area contributed by atoms with E-state index in [1.54, 1.807) is 18.3 Å². The van der Waals surface area contributed by atoms with Gasteiger partial charge in [-0.2, -0.15) is 0 Å². The first-order chi connectivity index (χ1) is 16.1. The van der Waals surface area contributed by atoms with Crippen molar-refractivity contribution in [3.8, 4) is 0 Å². The van der Waals surface area contributed by atoms with Crippen molar-refractivity contribution in [2.45, 2.75) is 44.5 Å². The highest BCUT2D eigenvalue weighted by Crippen LogP contribution is 2.31. The molecule has 0 unspecified atom stereocenters. The van der Waals surface area contributed by atoms with Crippen LogP contribution in [0.1, 0.15) is 33.3 Å². The van der Waals surface area contributed by atoms with E-state index in [2.05, 4.69) is 32.3 Å². The maximum atomic E-state index is 13.7. The summed E-state index contributed by atoms with van der Waals surface area (Å²) in [7, 11) is 0. The molecule has 33 heavy (non-hydrogen) atoms. The first-order valence-corrected chi connectivity index (χ1v) is 12.2. The molecule has 0 saturated carbocycles. The lowest BCUT2D eigenvalue weighted by molar-refractivity contribution is 0.122. The van der Waals surface area contributed by atoms with Crippen molar-refractivity contribution in [1.29, 1.82) is 0 Å². The normalized spacial score (nSPS) is 12.7. The minimum atomic E-state index is -0.430. The summed E-state index contributed by atoms with van der Waals surface area (Å²) in [5.74, 6) is 0.0635. The lowest BCUT2D eigenvalue weighted by atomic mass is 10.2. The Morgan fingerprint density at radius 2 is 1.70 bits per heavy atom.